The first-order valence-corrected chi connectivity index (χ1v) is 5.20. The lowest BCUT2D eigenvalue weighted by Gasteiger charge is -2.18. The molecule has 0 spiro atoms. The highest BCUT2D eigenvalue weighted by Gasteiger charge is 2.33. The molecule has 1 aromatic carbocycles. The van der Waals surface area contributed by atoms with E-state index in [4.69, 9.17) is 0 Å². The minimum atomic E-state index is -4.73. The Bertz CT molecular complexity index is 383. The SMILES string of the molecule is CC(C)[C@@H](C)c1c(F)cc(C(F)(F)F)cc1F. The van der Waals surface area contributed by atoms with Crippen LogP contribution < -0.4 is 0 Å². The summed E-state index contributed by atoms with van der Waals surface area (Å²) in [6.07, 6.45) is -4.73. The summed E-state index contributed by atoms with van der Waals surface area (Å²) in [5.74, 6) is -2.81. The van der Waals surface area contributed by atoms with Crippen molar-refractivity contribution < 1.29 is 22.0 Å². The van der Waals surface area contributed by atoms with Crippen LogP contribution in [0.5, 0.6) is 0 Å². The van der Waals surface area contributed by atoms with E-state index in [1.807, 2.05) is 0 Å². The van der Waals surface area contributed by atoms with Crippen LogP contribution in [0.2, 0.25) is 0 Å². The van der Waals surface area contributed by atoms with Gasteiger partial charge in [0.25, 0.3) is 0 Å². The van der Waals surface area contributed by atoms with Gasteiger partial charge in [0.2, 0.25) is 0 Å². The molecule has 0 unspecified atom stereocenters. The first-order chi connectivity index (χ1) is 7.64. The Balaban J connectivity index is 3.29. The number of halogens is 5. The van der Waals surface area contributed by atoms with Crippen molar-refractivity contribution in [1.82, 2.24) is 0 Å². The lowest BCUT2D eigenvalue weighted by atomic mass is 9.89. The highest BCUT2D eigenvalue weighted by atomic mass is 19.4. The molecule has 0 nitrogen and oxygen atoms in total. The van der Waals surface area contributed by atoms with Crippen molar-refractivity contribution in [3.63, 3.8) is 0 Å². The lowest BCUT2D eigenvalue weighted by molar-refractivity contribution is -0.138. The average Bonchev–Trinajstić information content (AvgIpc) is 2.14. The fraction of sp³-hybridized carbons (Fsp3) is 0.500. The van der Waals surface area contributed by atoms with E-state index in [-0.39, 0.29) is 11.5 Å². The summed E-state index contributed by atoms with van der Waals surface area (Å²) in [7, 11) is 0. The zero-order valence-corrected chi connectivity index (χ0v) is 9.70. The first-order valence-electron chi connectivity index (χ1n) is 5.20. The Morgan fingerprint density at radius 2 is 1.35 bits per heavy atom. The average molecular weight is 252 g/mol. The van der Waals surface area contributed by atoms with Gasteiger partial charge in [0.1, 0.15) is 11.6 Å². The number of benzene rings is 1. The van der Waals surface area contributed by atoms with Gasteiger partial charge < -0.3 is 0 Å². The van der Waals surface area contributed by atoms with E-state index in [2.05, 4.69) is 0 Å². The predicted molar refractivity (Wildman–Crippen MR) is 54.6 cm³/mol. The van der Waals surface area contributed by atoms with Gasteiger partial charge in [-0.2, -0.15) is 13.2 Å². The smallest absolute Gasteiger partial charge is 0.207 e. The van der Waals surface area contributed by atoms with Crippen molar-refractivity contribution >= 4 is 0 Å². The third-order valence-corrected chi connectivity index (χ3v) is 2.86. The topological polar surface area (TPSA) is 0 Å². The molecule has 1 aromatic rings. The molecule has 0 aliphatic carbocycles. The largest absolute Gasteiger partial charge is 0.416 e. The third kappa shape index (κ3) is 2.96. The van der Waals surface area contributed by atoms with Crippen LogP contribution in [0, 0.1) is 17.6 Å². The third-order valence-electron chi connectivity index (χ3n) is 2.86. The standard InChI is InChI=1S/C12H13F5/c1-6(2)7(3)11-9(13)4-8(5-10(11)14)12(15,16)17/h4-7H,1-3H3/t7-/m1/s1. The van der Waals surface area contributed by atoms with Crippen LogP contribution in [0.4, 0.5) is 22.0 Å². The molecule has 0 amide bonds. The molecule has 0 fully saturated rings. The zero-order valence-electron chi connectivity index (χ0n) is 9.70. The van der Waals surface area contributed by atoms with E-state index in [9.17, 15) is 22.0 Å². The van der Waals surface area contributed by atoms with Gasteiger partial charge in [-0.3, -0.25) is 0 Å². The van der Waals surface area contributed by atoms with Crippen molar-refractivity contribution in [2.75, 3.05) is 0 Å². The minimum absolute atomic E-state index is 0.0595. The van der Waals surface area contributed by atoms with Crippen molar-refractivity contribution in [3.8, 4) is 0 Å². The molecule has 1 atom stereocenters. The van der Waals surface area contributed by atoms with Gasteiger partial charge >= 0.3 is 6.18 Å². The molecule has 0 heterocycles. The molecule has 0 N–H and O–H groups in total. The Labute approximate surface area is 96.4 Å². The monoisotopic (exact) mass is 252 g/mol. The molecule has 17 heavy (non-hydrogen) atoms. The summed E-state index contributed by atoms with van der Waals surface area (Å²) in [4.78, 5) is 0. The summed E-state index contributed by atoms with van der Waals surface area (Å²) >= 11 is 0. The van der Waals surface area contributed by atoms with Crippen LogP contribution in [0.15, 0.2) is 12.1 Å². The molecule has 0 radical (unpaired) electrons. The van der Waals surface area contributed by atoms with Crippen LogP contribution in [0.1, 0.15) is 37.8 Å². The van der Waals surface area contributed by atoms with Gasteiger partial charge in [0.05, 0.1) is 5.56 Å². The van der Waals surface area contributed by atoms with E-state index in [0.29, 0.717) is 12.1 Å². The van der Waals surface area contributed by atoms with E-state index in [1.54, 1.807) is 20.8 Å². The van der Waals surface area contributed by atoms with Gasteiger partial charge in [-0.25, -0.2) is 8.78 Å². The maximum Gasteiger partial charge on any atom is 0.416 e. The molecule has 0 aliphatic heterocycles. The zero-order chi connectivity index (χ0) is 13.4. The van der Waals surface area contributed by atoms with Crippen LogP contribution in [0.3, 0.4) is 0 Å². The fourth-order valence-corrected chi connectivity index (χ4v) is 1.52. The maximum absolute atomic E-state index is 13.5. The highest BCUT2D eigenvalue weighted by Crippen LogP contribution is 2.35. The quantitative estimate of drug-likeness (QED) is 0.667. The van der Waals surface area contributed by atoms with Gasteiger partial charge in [-0.05, 0) is 24.0 Å². The molecule has 0 bridgehead atoms. The number of hydrogen-bond donors (Lipinski definition) is 0. The molecule has 5 heteroatoms. The highest BCUT2D eigenvalue weighted by molar-refractivity contribution is 5.30. The maximum atomic E-state index is 13.5. The number of hydrogen-bond acceptors (Lipinski definition) is 0. The van der Waals surface area contributed by atoms with E-state index in [0.717, 1.165) is 0 Å². The molecule has 1 rings (SSSR count). The van der Waals surface area contributed by atoms with Crippen LogP contribution in [0.25, 0.3) is 0 Å². The summed E-state index contributed by atoms with van der Waals surface area (Å²) in [5, 5.41) is 0. The Morgan fingerprint density at radius 1 is 0.941 bits per heavy atom. The normalized spacial score (nSPS) is 14.2. The van der Waals surface area contributed by atoms with Crippen LogP contribution >= 0.6 is 0 Å². The van der Waals surface area contributed by atoms with Gasteiger partial charge in [0.15, 0.2) is 0 Å². The molecule has 0 saturated carbocycles. The predicted octanol–water partition coefficient (Wildman–Crippen LogP) is 4.74. The van der Waals surface area contributed by atoms with Crippen molar-refractivity contribution in [2.24, 2.45) is 5.92 Å². The number of alkyl halides is 3. The van der Waals surface area contributed by atoms with E-state index in [1.165, 1.54) is 0 Å². The van der Waals surface area contributed by atoms with Gasteiger partial charge in [-0.1, -0.05) is 20.8 Å². The lowest BCUT2D eigenvalue weighted by Crippen LogP contribution is -2.12. The van der Waals surface area contributed by atoms with Crippen molar-refractivity contribution in [1.29, 1.82) is 0 Å². The van der Waals surface area contributed by atoms with Gasteiger partial charge in [0, 0.05) is 5.56 Å². The Morgan fingerprint density at radius 3 is 1.65 bits per heavy atom. The van der Waals surface area contributed by atoms with Crippen molar-refractivity contribution in [3.05, 3.63) is 34.9 Å². The second-order valence-corrected chi connectivity index (χ2v) is 4.38. The second-order valence-electron chi connectivity index (χ2n) is 4.38. The Hall–Kier alpha value is -1.13. The van der Waals surface area contributed by atoms with Gasteiger partial charge in [-0.15, -0.1) is 0 Å². The summed E-state index contributed by atoms with van der Waals surface area (Å²) in [5.41, 5.74) is -1.58. The first kappa shape index (κ1) is 13.9. The number of rotatable bonds is 2. The van der Waals surface area contributed by atoms with Crippen LogP contribution in [-0.4, -0.2) is 0 Å². The summed E-state index contributed by atoms with van der Waals surface area (Å²) < 4.78 is 63.9. The Kier molecular flexibility index (Phi) is 3.79. The summed E-state index contributed by atoms with van der Waals surface area (Å²) in [6, 6.07) is 0.689. The summed E-state index contributed by atoms with van der Waals surface area (Å²) in [6.45, 7) is 5.09. The molecular weight excluding hydrogens is 239 g/mol. The minimum Gasteiger partial charge on any atom is -0.207 e. The second kappa shape index (κ2) is 4.63. The van der Waals surface area contributed by atoms with E-state index < -0.39 is 29.3 Å². The van der Waals surface area contributed by atoms with Crippen molar-refractivity contribution in [2.45, 2.75) is 32.9 Å². The van der Waals surface area contributed by atoms with Crippen LogP contribution in [-0.2, 0) is 6.18 Å². The van der Waals surface area contributed by atoms with E-state index >= 15 is 0 Å². The fourth-order valence-electron chi connectivity index (χ4n) is 1.52. The molecule has 96 valence electrons. The molecule has 0 saturated heterocycles. The molecule has 0 aromatic heterocycles. The molecule has 0 aliphatic rings. The molecular formula is C12H13F5.